The van der Waals surface area contributed by atoms with Gasteiger partial charge in [-0.25, -0.2) is 0 Å². The van der Waals surface area contributed by atoms with Gasteiger partial charge in [-0.05, 0) is 17.5 Å². The fourth-order valence-corrected chi connectivity index (χ4v) is 2.98. The maximum atomic E-state index is 12.0. The van der Waals surface area contributed by atoms with Gasteiger partial charge in [-0.3, -0.25) is 4.79 Å². The van der Waals surface area contributed by atoms with E-state index in [1.165, 1.54) is 11.1 Å². The number of benzene rings is 2. The Balaban J connectivity index is 1.78. The SMILES string of the molecule is CC[C@H](NC(=O)CSCc1ccccc1)c1ccccc1. The number of amides is 1. The lowest BCUT2D eigenvalue weighted by Gasteiger charge is -2.17. The van der Waals surface area contributed by atoms with Gasteiger partial charge in [-0.1, -0.05) is 67.6 Å². The van der Waals surface area contributed by atoms with Crippen molar-refractivity contribution in [3.05, 3.63) is 71.8 Å². The highest BCUT2D eigenvalue weighted by Crippen LogP contribution is 2.17. The number of nitrogens with one attached hydrogen (secondary N) is 1. The van der Waals surface area contributed by atoms with Crippen LogP contribution in [0.5, 0.6) is 0 Å². The maximum absolute atomic E-state index is 12.0. The van der Waals surface area contributed by atoms with Crippen LogP contribution in [-0.2, 0) is 10.5 Å². The van der Waals surface area contributed by atoms with Crippen LogP contribution in [0, 0.1) is 0 Å². The molecule has 2 aromatic carbocycles. The Kier molecular flexibility index (Phi) is 6.35. The molecule has 1 amide bonds. The van der Waals surface area contributed by atoms with Crippen molar-refractivity contribution in [3.63, 3.8) is 0 Å². The molecule has 0 fully saturated rings. The lowest BCUT2D eigenvalue weighted by atomic mass is 10.0. The average Bonchev–Trinajstić information content (AvgIpc) is 2.54. The van der Waals surface area contributed by atoms with Gasteiger partial charge in [0, 0.05) is 5.75 Å². The highest BCUT2D eigenvalue weighted by Gasteiger charge is 2.12. The van der Waals surface area contributed by atoms with E-state index in [1.54, 1.807) is 11.8 Å². The summed E-state index contributed by atoms with van der Waals surface area (Å²) in [5, 5.41) is 3.11. The van der Waals surface area contributed by atoms with Gasteiger partial charge in [0.05, 0.1) is 11.8 Å². The summed E-state index contributed by atoms with van der Waals surface area (Å²) in [5.74, 6) is 1.47. The minimum atomic E-state index is 0.103. The highest BCUT2D eigenvalue weighted by molar-refractivity contribution is 7.99. The fraction of sp³-hybridized carbons (Fsp3) is 0.278. The van der Waals surface area contributed by atoms with Gasteiger partial charge in [-0.15, -0.1) is 11.8 Å². The second-order valence-electron chi connectivity index (χ2n) is 4.92. The van der Waals surface area contributed by atoms with Gasteiger partial charge >= 0.3 is 0 Å². The molecule has 0 aliphatic rings. The van der Waals surface area contributed by atoms with Gasteiger partial charge in [0.2, 0.25) is 5.91 Å². The average molecular weight is 299 g/mol. The van der Waals surface area contributed by atoms with Crippen molar-refractivity contribution in [2.75, 3.05) is 5.75 Å². The normalized spacial score (nSPS) is 11.9. The zero-order chi connectivity index (χ0) is 14.9. The van der Waals surface area contributed by atoms with Crippen LogP contribution in [0.2, 0.25) is 0 Å². The van der Waals surface area contributed by atoms with Gasteiger partial charge in [0.25, 0.3) is 0 Å². The first kappa shape index (κ1) is 15.6. The molecule has 0 heterocycles. The van der Waals surface area contributed by atoms with Crippen molar-refractivity contribution >= 4 is 17.7 Å². The van der Waals surface area contributed by atoms with E-state index in [0.29, 0.717) is 5.75 Å². The van der Waals surface area contributed by atoms with E-state index >= 15 is 0 Å². The Morgan fingerprint density at radius 2 is 1.67 bits per heavy atom. The minimum Gasteiger partial charge on any atom is -0.349 e. The van der Waals surface area contributed by atoms with Crippen molar-refractivity contribution in [2.24, 2.45) is 0 Å². The number of carbonyl (C=O) groups is 1. The van der Waals surface area contributed by atoms with Crippen molar-refractivity contribution < 1.29 is 4.79 Å². The third kappa shape index (κ3) is 5.27. The van der Waals surface area contributed by atoms with Gasteiger partial charge in [0.1, 0.15) is 0 Å². The molecule has 0 spiro atoms. The molecule has 0 unspecified atom stereocenters. The van der Waals surface area contributed by atoms with E-state index in [0.717, 1.165) is 12.2 Å². The largest absolute Gasteiger partial charge is 0.349 e. The van der Waals surface area contributed by atoms with E-state index in [-0.39, 0.29) is 11.9 Å². The molecule has 2 nitrogen and oxygen atoms in total. The lowest BCUT2D eigenvalue weighted by Crippen LogP contribution is -2.29. The number of thioether (sulfide) groups is 1. The van der Waals surface area contributed by atoms with Crippen LogP contribution in [0.4, 0.5) is 0 Å². The molecule has 21 heavy (non-hydrogen) atoms. The third-order valence-corrected chi connectivity index (χ3v) is 4.29. The summed E-state index contributed by atoms with van der Waals surface area (Å²) in [4.78, 5) is 12.0. The van der Waals surface area contributed by atoms with Gasteiger partial charge in [-0.2, -0.15) is 0 Å². The molecular formula is C18H21NOS. The zero-order valence-electron chi connectivity index (χ0n) is 12.3. The standard InChI is InChI=1S/C18H21NOS/c1-2-17(16-11-7-4-8-12-16)19-18(20)14-21-13-15-9-5-3-6-10-15/h3-12,17H,2,13-14H2,1H3,(H,19,20)/t17-/m0/s1. The first-order chi connectivity index (χ1) is 10.3. The summed E-state index contributed by atoms with van der Waals surface area (Å²) in [6.07, 6.45) is 0.902. The molecule has 0 saturated heterocycles. The molecule has 3 heteroatoms. The fourth-order valence-electron chi connectivity index (χ4n) is 2.18. The molecule has 0 aliphatic heterocycles. The molecule has 0 saturated carbocycles. The summed E-state index contributed by atoms with van der Waals surface area (Å²) in [5.41, 5.74) is 2.42. The lowest BCUT2D eigenvalue weighted by molar-refractivity contribution is -0.119. The second kappa shape index (κ2) is 8.53. The second-order valence-corrected chi connectivity index (χ2v) is 5.90. The molecule has 2 rings (SSSR count). The summed E-state index contributed by atoms with van der Waals surface area (Å²) < 4.78 is 0. The van der Waals surface area contributed by atoms with E-state index in [9.17, 15) is 4.79 Å². The summed E-state index contributed by atoms with van der Waals surface area (Å²) >= 11 is 1.65. The molecule has 0 bridgehead atoms. The van der Waals surface area contributed by atoms with Crippen LogP contribution in [-0.4, -0.2) is 11.7 Å². The first-order valence-electron chi connectivity index (χ1n) is 7.25. The summed E-state index contributed by atoms with van der Waals surface area (Å²) in [6.45, 7) is 2.09. The quantitative estimate of drug-likeness (QED) is 0.830. The molecule has 0 aliphatic carbocycles. The molecule has 1 atom stereocenters. The molecule has 0 aromatic heterocycles. The van der Waals surface area contributed by atoms with Crippen LogP contribution in [0.15, 0.2) is 60.7 Å². The Labute approximate surface area is 131 Å². The highest BCUT2D eigenvalue weighted by atomic mass is 32.2. The van der Waals surface area contributed by atoms with Crippen LogP contribution in [0.25, 0.3) is 0 Å². The Bertz CT molecular complexity index is 542. The maximum Gasteiger partial charge on any atom is 0.230 e. The number of rotatable bonds is 7. The molecule has 2 aromatic rings. The van der Waals surface area contributed by atoms with Crippen LogP contribution in [0.3, 0.4) is 0 Å². The van der Waals surface area contributed by atoms with E-state index in [2.05, 4.69) is 36.5 Å². The number of hydrogen-bond acceptors (Lipinski definition) is 2. The minimum absolute atomic E-state index is 0.103. The van der Waals surface area contributed by atoms with Crippen molar-refractivity contribution in [2.45, 2.75) is 25.1 Å². The molecular weight excluding hydrogens is 278 g/mol. The van der Waals surface area contributed by atoms with Crippen LogP contribution >= 0.6 is 11.8 Å². The smallest absolute Gasteiger partial charge is 0.230 e. The van der Waals surface area contributed by atoms with E-state index in [4.69, 9.17) is 0 Å². The monoisotopic (exact) mass is 299 g/mol. The molecule has 0 radical (unpaired) electrons. The first-order valence-corrected chi connectivity index (χ1v) is 8.41. The predicted octanol–water partition coefficient (Wildman–Crippen LogP) is 4.19. The molecule has 110 valence electrons. The zero-order valence-corrected chi connectivity index (χ0v) is 13.1. The van der Waals surface area contributed by atoms with E-state index < -0.39 is 0 Å². The van der Waals surface area contributed by atoms with Crippen LogP contribution < -0.4 is 5.32 Å². The van der Waals surface area contributed by atoms with Gasteiger partial charge < -0.3 is 5.32 Å². The Morgan fingerprint density at radius 3 is 2.29 bits per heavy atom. The number of hydrogen-bond donors (Lipinski definition) is 1. The Hall–Kier alpha value is -1.74. The Morgan fingerprint density at radius 1 is 1.05 bits per heavy atom. The summed E-state index contributed by atoms with van der Waals surface area (Å²) in [7, 11) is 0. The summed E-state index contributed by atoms with van der Waals surface area (Å²) in [6, 6.07) is 20.5. The van der Waals surface area contributed by atoms with Crippen molar-refractivity contribution in [3.8, 4) is 0 Å². The predicted molar refractivity (Wildman–Crippen MR) is 90.2 cm³/mol. The topological polar surface area (TPSA) is 29.1 Å². The van der Waals surface area contributed by atoms with Gasteiger partial charge in [0.15, 0.2) is 0 Å². The number of carbonyl (C=O) groups excluding carboxylic acids is 1. The molecule has 1 N–H and O–H groups in total. The van der Waals surface area contributed by atoms with E-state index in [1.807, 2.05) is 36.4 Å². The van der Waals surface area contributed by atoms with Crippen molar-refractivity contribution in [1.82, 2.24) is 5.32 Å². The third-order valence-electron chi connectivity index (χ3n) is 3.29. The van der Waals surface area contributed by atoms with Crippen LogP contribution in [0.1, 0.15) is 30.5 Å². The van der Waals surface area contributed by atoms with Crippen molar-refractivity contribution in [1.29, 1.82) is 0 Å².